The molecule has 2 heterocycles. The molecule has 0 bridgehead atoms. The van der Waals surface area contributed by atoms with E-state index in [0.717, 1.165) is 12.8 Å². The summed E-state index contributed by atoms with van der Waals surface area (Å²) in [4.78, 5) is 0. The Morgan fingerprint density at radius 2 is 1.57 bits per heavy atom. The summed E-state index contributed by atoms with van der Waals surface area (Å²) in [6.07, 6.45) is 2.01. The summed E-state index contributed by atoms with van der Waals surface area (Å²) in [7, 11) is -3.36. The zero-order valence-electron chi connectivity index (χ0n) is 12.6. The molecule has 3 rings (SSSR count). The van der Waals surface area contributed by atoms with E-state index in [1.165, 1.54) is 0 Å². The SMILES string of the molecule is CC1CN(S(=O)(=O)N2CC3CCC(N)C3C2)CC(C)O1.Cl. The van der Waals surface area contributed by atoms with Crippen LogP contribution in [0.4, 0.5) is 0 Å². The minimum absolute atomic E-state index is 0. The average Bonchev–Trinajstić information content (AvgIpc) is 2.91. The molecule has 2 N–H and O–H groups in total. The molecular weight excluding hydrogens is 314 g/mol. The van der Waals surface area contributed by atoms with Crippen LogP contribution in [0.5, 0.6) is 0 Å². The van der Waals surface area contributed by atoms with Crippen LogP contribution < -0.4 is 5.73 Å². The second-order valence-electron chi connectivity index (χ2n) is 6.56. The Morgan fingerprint density at radius 3 is 2.14 bits per heavy atom. The highest BCUT2D eigenvalue weighted by Crippen LogP contribution is 2.38. The Hall–Kier alpha value is 0.0800. The van der Waals surface area contributed by atoms with Crippen LogP contribution in [0, 0.1) is 11.8 Å². The van der Waals surface area contributed by atoms with Crippen LogP contribution in [0.15, 0.2) is 0 Å². The average molecular weight is 340 g/mol. The lowest BCUT2D eigenvalue weighted by atomic mass is 9.98. The van der Waals surface area contributed by atoms with Crippen molar-refractivity contribution < 1.29 is 13.2 Å². The van der Waals surface area contributed by atoms with E-state index in [2.05, 4.69) is 0 Å². The fourth-order valence-electron chi connectivity index (χ4n) is 3.94. The van der Waals surface area contributed by atoms with Gasteiger partial charge in [0, 0.05) is 32.2 Å². The molecule has 0 aromatic heterocycles. The van der Waals surface area contributed by atoms with Gasteiger partial charge in [0.15, 0.2) is 0 Å². The van der Waals surface area contributed by atoms with Gasteiger partial charge < -0.3 is 10.5 Å². The summed E-state index contributed by atoms with van der Waals surface area (Å²) in [6.45, 7) is 5.98. The maximum atomic E-state index is 12.8. The molecular formula is C13H26ClN3O3S. The van der Waals surface area contributed by atoms with Gasteiger partial charge in [-0.15, -0.1) is 12.4 Å². The summed E-state index contributed by atoms with van der Waals surface area (Å²) in [5, 5.41) is 0. The second-order valence-corrected chi connectivity index (χ2v) is 8.49. The molecule has 0 radical (unpaired) electrons. The number of fused-ring (bicyclic) bond motifs is 1. The van der Waals surface area contributed by atoms with E-state index in [-0.39, 0.29) is 30.7 Å². The van der Waals surface area contributed by atoms with E-state index in [1.807, 2.05) is 13.8 Å². The van der Waals surface area contributed by atoms with Gasteiger partial charge in [-0.25, -0.2) is 0 Å². The molecule has 5 atom stereocenters. The molecule has 21 heavy (non-hydrogen) atoms. The number of hydrogen-bond acceptors (Lipinski definition) is 4. The first-order chi connectivity index (χ1) is 9.38. The lowest BCUT2D eigenvalue weighted by Gasteiger charge is -2.36. The van der Waals surface area contributed by atoms with Gasteiger partial charge in [-0.1, -0.05) is 0 Å². The lowest BCUT2D eigenvalue weighted by Crippen LogP contribution is -2.52. The van der Waals surface area contributed by atoms with E-state index >= 15 is 0 Å². The van der Waals surface area contributed by atoms with E-state index < -0.39 is 10.2 Å². The van der Waals surface area contributed by atoms with Crippen molar-refractivity contribution >= 4 is 22.6 Å². The third kappa shape index (κ3) is 3.23. The van der Waals surface area contributed by atoms with Crippen molar-refractivity contribution in [3.63, 3.8) is 0 Å². The van der Waals surface area contributed by atoms with Gasteiger partial charge >= 0.3 is 0 Å². The largest absolute Gasteiger partial charge is 0.373 e. The Kier molecular flexibility index (Phi) is 5.23. The highest BCUT2D eigenvalue weighted by atomic mass is 35.5. The summed E-state index contributed by atoms with van der Waals surface area (Å²) >= 11 is 0. The molecule has 2 saturated heterocycles. The van der Waals surface area contributed by atoms with E-state index in [0.29, 0.717) is 38.0 Å². The van der Waals surface area contributed by atoms with E-state index in [9.17, 15) is 8.42 Å². The number of nitrogens with two attached hydrogens (primary N) is 1. The van der Waals surface area contributed by atoms with Crippen LogP contribution >= 0.6 is 12.4 Å². The van der Waals surface area contributed by atoms with Crippen LogP contribution in [-0.4, -0.2) is 61.5 Å². The number of hydrogen-bond donors (Lipinski definition) is 1. The quantitative estimate of drug-likeness (QED) is 0.791. The monoisotopic (exact) mass is 339 g/mol. The normalized spacial score (nSPS) is 41.8. The predicted octanol–water partition coefficient (Wildman–Crippen LogP) is 0.431. The van der Waals surface area contributed by atoms with Crippen molar-refractivity contribution in [1.29, 1.82) is 0 Å². The van der Waals surface area contributed by atoms with Crippen LogP contribution in [0.2, 0.25) is 0 Å². The molecule has 0 amide bonds. The van der Waals surface area contributed by atoms with Crippen molar-refractivity contribution in [3.05, 3.63) is 0 Å². The third-order valence-corrected chi connectivity index (χ3v) is 6.82. The Morgan fingerprint density at radius 1 is 1.00 bits per heavy atom. The molecule has 1 aliphatic carbocycles. The Labute approximate surface area is 133 Å². The standard InChI is InChI=1S/C13H25N3O3S.ClH/c1-9-5-15(6-10(2)19-9)20(17,18)16-7-11-3-4-13(14)12(11)8-16;/h9-13H,3-8,14H2,1-2H3;1H. The topological polar surface area (TPSA) is 75.9 Å². The molecule has 8 heteroatoms. The fourth-order valence-corrected chi connectivity index (χ4v) is 5.80. The van der Waals surface area contributed by atoms with Gasteiger partial charge in [-0.05, 0) is 38.5 Å². The van der Waals surface area contributed by atoms with Gasteiger partial charge in [0.2, 0.25) is 0 Å². The molecule has 0 aromatic rings. The molecule has 0 aromatic carbocycles. The van der Waals surface area contributed by atoms with Crippen molar-refractivity contribution in [1.82, 2.24) is 8.61 Å². The maximum Gasteiger partial charge on any atom is 0.282 e. The van der Waals surface area contributed by atoms with Crippen LogP contribution in [0.25, 0.3) is 0 Å². The zero-order chi connectivity index (χ0) is 14.5. The second kappa shape index (κ2) is 6.29. The molecule has 3 aliphatic rings. The molecule has 3 fully saturated rings. The molecule has 1 saturated carbocycles. The smallest absolute Gasteiger partial charge is 0.282 e. The summed E-state index contributed by atoms with van der Waals surface area (Å²) in [6, 6.07) is 0.169. The summed E-state index contributed by atoms with van der Waals surface area (Å²) in [5.41, 5.74) is 6.09. The van der Waals surface area contributed by atoms with E-state index in [4.69, 9.17) is 10.5 Å². The summed E-state index contributed by atoms with van der Waals surface area (Å²) in [5.74, 6) is 0.802. The molecule has 5 unspecified atom stereocenters. The van der Waals surface area contributed by atoms with Gasteiger partial charge in [0.05, 0.1) is 12.2 Å². The van der Waals surface area contributed by atoms with Gasteiger partial charge in [-0.2, -0.15) is 17.0 Å². The van der Waals surface area contributed by atoms with Crippen molar-refractivity contribution in [2.24, 2.45) is 17.6 Å². The first-order valence-corrected chi connectivity index (χ1v) is 8.94. The Bertz CT molecular complexity index is 465. The first-order valence-electron chi connectivity index (χ1n) is 7.54. The number of rotatable bonds is 2. The van der Waals surface area contributed by atoms with Gasteiger partial charge in [-0.3, -0.25) is 0 Å². The maximum absolute atomic E-state index is 12.8. The van der Waals surface area contributed by atoms with Crippen LogP contribution in [0.3, 0.4) is 0 Å². The highest BCUT2D eigenvalue weighted by molar-refractivity contribution is 7.86. The number of nitrogens with zero attached hydrogens (tertiary/aromatic N) is 2. The summed E-state index contributed by atoms with van der Waals surface area (Å²) < 4.78 is 34.4. The Balaban J connectivity index is 0.00000161. The molecule has 6 nitrogen and oxygen atoms in total. The third-order valence-electron chi connectivity index (χ3n) is 4.92. The number of morpholine rings is 1. The zero-order valence-corrected chi connectivity index (χ0v) is 14.3. The number of halogens is 1. The predicted molar refractivity (Wildman–Crippen MR) is 83.5 cm³/mol. The molecule has 2 aliphatic heterocycles. The van der Waals surface area contributed by atoms with Gasteiger partial charge in [0.25, 0.3) is 10.2 Å². The molecule has 0 spiro atoms. The van der Waals surface area contributed by atoms with Crippen LogP contribution in [-0.2, 0) is 14.9 Å². The fraction of sp³-hybridized carbons (Fsp3) is 1.00. The van der Waals surface area contributed by atoms with Crippen molar-refractivity contribution in [2.45, 2.75) is 44.9 Å². The van der Waals surface area contributed by atoms with E-state index in [1.54, 1.807) is 8.61 Å². The first kappa shape index (κ1) is 17.4. The van der Waals surface area contributed by atoms with Gasteiger partial charge in [0.1, 0.15) is 0 Å². The lowest BCUT2D eigenvalue weighted by molar-refractivity contribution is -0.0453. The van der Waals surface area contributed by atoms with Crippen molar-refractivity contribution in [2.75, 3.05) is 26.2 Å². The highest BCUT2D eigenvalue weighted by Gasteiger charge is 2.46. The van der Waals surface area contributed by atoms with Crippen LogP contribution in [0.1, 0.15) is 26.7 Å². The molecule has 124 valence electrons. The number of ether oxygens (including phenoxy) is 1. The van der Waals surface area contributed by atoms with Crippen molar-refractivity contribution in [3.8, 4) is 0 Å². The minimum Gasteiger partial charge on any atom is -0.373 e. The minimum atomic E-state index is -3.36.